The van der Waals surface area contributed by atoms with E-state index in [0.717, 1.165) is 6.54 Å². The van der Waals surface area contributed by atoms with Crippen molar-refractivity contribution in [2.45, 2.75) is 32.7 Å². The Labute approximate surface area is 148 Å². The summed E-state index contributed by atoms with van der Waals surface area (Å²) in [4.78, 5) is 28.8. The lowest BCUT2D eigenvalue weighted by molar-refractivity contribution is -0.124. The predicted molar refractivity (Wildman–Crippen MR) is 98.5 cm³/mol. The molecule has 1 saturated heterocycles. The highest BCUT2D eigenvalue weighted by atomic mass is 16.2. The van der Waals surface area contributed by atoms with E-state index < -0.39 is 0 Å². The second-order valence-corrected chi connectivity index (χ2v) is 6.10. The van der Waals surface area contributed by atoms with Gasteiger partial charge in [0.25, 0.3) is 0 Å². The Morgan fingerprint density at radius 3 is 2.60 bits per heavy atom. The molecule has 2 rings (SSSR count). The molecular weight excluding hydrogens is 318 g/mol. The van der Waals surface area contributed by atoms with Crippen molar-refractivity contribution in [3.05, 3.63) is 35.9 Å². The van der Waals surface area contributed by atoms with Crippen molar-refractivity contribution in [3.63, 3.8) is 0 Å². The van der Waals surface area contributed by atoms with Crippen LogP contribution in [-0.4, -0.2) is 55.0 Å². The summed E-state index contributed by atoms with van der Waals surface area (Å²) in [6.45, 7) is 7.74. The van der Waals surface area contributed by atoms with E-state index in [1.165, 1.54) is 10.5 Å². The minimum atomic E-state index is -0.343. The molecule has 0 spiro atoms. The minimum absolute atomic E-state index is 0.0759. The molecule has 1 aliphatic heterocycles. The van der Waals surface area contributed by atoms with Gasteiger partial charge in [-0.15, -0.1) is 0 Å². The molecule has 25 heavy (non-hydrogen) atoms. The van der Waals surface area contributed by atoms with Crippen LogP contribution in [0.1, 0.15) is 32.3 Å². The molecule has 3 N–H and O–H groups in total. The third-order valence-electron chi connectivity index (χ3n) is 4.31. The van der Waals surface area contributed by atoms with E-state index >= 15 is 0 Å². The van der Waals surface area contributed by atoms with Gasteiger partial charge in [0.1, 0.15) is 0 Å². The molecule has 1 aromatic rings. The third kappa shape index (κ3) is 5.20. The van der Waals surface area contributed by atoms with Crippen LogP contribution in [0.3, 0.4) is 0 Å². The van der Waals surface area contributed by atoms with E-state index in [1.54, 1.807) is 0 Å². The minimum Gasteiger partial charge on any atom is -0.357 e. The van der Waals surface area contributed by atoms with Gasteiger partial charge < -0.3 is 16.0 Å². The van der Waals surface area contributed by atoms with E-state index in [0.29, 0.717) is 18.4 Å². The Balaban J connectivity index is 1.92. The quantitative estimate of drug-likeness (QED) is 0.395. The summed E-state index contributed by atoms with van der Waals surface area (Å²) in [5.41, 5.74) is 1.26. The van der Waals surface area contributed by atoms with E-state index in [-0.39, 0.29) is 31.1 Å². The molecule has 0 saturated carbocycles. The molecule has 2 unspecified atom stereocenters. The Morgan fingerprint density at radius 2 is 2.00 bits per heavy atom. The van der Waals surface area contributed by atoms with Gasteiger partial charge in [-0.25, -0.2) is 4.79 Å². The maximum atomic E-state index is 11.6. The van der Waals surface area contributed by atoms with E-state index in [9.17, 15) is 9.59 Å². The van der Waals surface area contributed by atoms with Crippen LogP contribution in [0.25, 0.3) is 0 Å². The van der Waals surface area contributed by atoms with Gasteiger partial charge in [-0.2, -0.15) is 0 Å². The monoisotopic (exact) mass is 345 g/mol. The number of benzene rings is 1. The zero-order chi connectivity index (χ0) is 18.2. The first-order chi connectivity index (χ1) is 12.0. The summed E-state index contributed by atoms with van der Waals surface area (Å²) in [5.74, 6) is 0.796. The van der Waals surface area contributed by atoms with Gasteiger partial charge in [0.15, 0.2) is 5.96 Å². The van der Waals surface area contributed by atoms with Gasteiger partial charge in [0.05, 0.1) is 19.6 Å². The fourth-order valence-corrected chi connectivity index (χ4v) is 2.65. The standard InChI is InChI=1S/C18H27N5O2/c1-4-19-17(20-10-11-23-16(24)12-21-18(23)25)22-14(3)13(2)15-8-6-5-7-9-15/h5-9,13-14H,4,10-12H2,1-3H3,(H,21,25)(H2,19,20,22). The fraction of sp³-hybridized carbons (Fsp3) is 0.500. The molecule has 0 aromatic heterocycles. The molecule has 1 aromatic carbocycles. The van der Waals surface area contributed by atoms with Crippen molar-refractivity contribution >= 4 is 17.9 Å². The van der Waals surface area contributed by atoms with Crippen LogP contribution in [0.2, 0.25) is 0 Å². The lowest BCUT2D eigenvalue weighted by Gasteiger charge is -2.24. The van der Waals surface area contributed by atoms with Crippen molar-refractivity contribution in [2.24, 2.45) is 4.99 Å². The first kappa shape index (κ1) is 18.8. The van der Waals surface area contributed by atoms with Gasteiger partial charge in [-0.1, -0.05) is 37.3 Å². The maximum Gasteiger partial charge on any atom is 0.324 e. The summed E-state index contributed by atoms with van der Waals surface area (Å²) >= 11 is 0. The number of guanidine groups is 1. The average molecular weight is 345 g/mol. The van der Waals surface area contributed by atoms with Crippen LogP contribution >= 0.6 is 0 Å². The first-order valence-electron chi connectivity index (χ1n) is 8.71. The summed E-state index contributed by atoms with van der Waals surface area (Å²) in [6, 6.07) is 10.2. The lowest BCUT2D eigenvalue weighted by atomic mass is 9.94. The molecule has 1 heterocycles. The highest BCUT2D eigenvalue weighted by molar-refractivity contribution is 6.01. The van der Waals surface area contributed by atoms with Gasteiger partial charge in [0, 0.05) is 18.5 Å². The number of amides is 3. The number of aliphatic imine (C=N–C) groups is 1. The van der Waals surface area contributed by atoms with E-state index in [1.807, 2.05) is 25.1 Å². The van der Waals surface area contributed by atoms with Crippen LogP contribution in [0.4, 0.5) is 4.79 Å². The van der Waals surface area contributed by atoms with Crippen LogP contribution in [0, 0.1) is 0 Å². The topological polar surface area (TPSA) is 85.8 Å². The molecule has 1 fully saturated rings. The van der Waals surface area contributed by atoms with E-state index in [2.05, 4.69) is 46.9 Å². The Bertz CT molecular complexity index is 601. The molecule has 0 radical (unpaired) electrons. The van der Waals surface area contributed by atoms with Crippen molar-refractivity contribution in [3.8, 4) is 0 Å². The number of carbonyl (C=O) groups is 2. The Kier molecular flexibility index (Phi) is 6.80. The highest BCUT2D eigenvalue weighted by Crippen LogP contribution is 2.18. The number of nitrogens with zero attached hydrogens (tertiary/aromatic N) is 2. The molecule has 0 aliphatic carbocycles. The predicted octanol–water partition coefficient (Wildman–Crippen LogP) is 1.29. The van der Waals surface area contributed by atoms with Gasteiger partial charge in [-0.05, 0) is 19.4 Å². The van der Waals surface area contributed by atoms with Gasteiger partial charge >= 0.3 is 6.03 Å². The lowest BCUT2D eigenvalue weighted by Crippen LogP contribution is -2.44. The van der Waals surface area contributed by atoms with Crippen LogP contribution in [0.5, 0.6) is 0 Å². The van der Waals surface area contributed by atoms with E-state index in [4.69, 9.17) is 0 Å². The SMILES string of the molecule is CCNC(=NCCN1C(=O)CNC1=O)NC(C)C(C)c1ccccc1. The van der Waals surface area contributed by atoms with Crippen LogP contribution in [0.15, 0.2) is 35.3 Å². The second kappa shape index (κ2) is 9.05. The number of rotatable bonds is 7. The van der Waals surface area contributed by atoms with Crippen molar-refractivity contribution in [2.75, 3.05) is 26.2 Å². The van der Waals surface area contributed by atoms with Gasteiger partial charge in [0.2, 0.25) is 5.91 Å². The zero-order valence-electron chi connectivity index (χ0n) is 15.1. The average Bonchev–Trinajstić information content (AvgIpc) is 2.93. The molecule has 136 valence electrons. The van der Waals surface area contributed by atoms with Crippen molar-refractivity contribution in [1.82, 2.24) is 20.9 Å². The fourth-order valence-electron chi connectivity index (χ4n) is 2.65. The summed E-state index contributed by atoms with van der Waals surface area (Å²) in [7, 11) is 0. The smallest absolute Gasteiger partial charge is 0.324 e. The molecule has 0 bridgehead atoms. The largest absolute Gasteiger partial charge is 0.357 e. The molecule has 2 atom stereocenters. The molecule has 1 aliphatic rings. The number of imide groups is 1. The molecule has 7 nitrogen and oxygen atoms in total. The number of carbonyl (C=O) groups excluding carboxylic acids is 2. The third-order valence-corrected chi connectivity index (χ3v) is 4.31. The number of hydrogen-bond acceptors (Lipinski definition) is 3. The van der Waals surface area contributed by atoms with Gasteiger partial charge in [-0.3, -0.25) is 14.7 Å². The second-order valence-electron chi connectivity index (χ2n) is 6.10. The number of urea groups is 1. The van der Waals surface area contributed by atoms with Crippen molar-refractivity contribution < 1.29 is 9.59 Å². The summed E-state index contributed by atoms with van der Waals surface area (Å²) < 4.78 is 0. The Morgan fingerprint density at radius 1 is 1.28 bits per heavy atom. The number of nitrogens with one attached hydrogen (secondary N) is 3. The highest BCUT2D eigenvalue weighted by Gasteiger charge is 2.27. The van der Waals surface area contributed by atoms with Crippen LogP contribution < -0.4 is 16.0 Å². The normalized spacial score (nSPS) is 17.2. The first-order valence-corrected chi connectivity index (χ1v) is 8.71. The Hall–Kier alpha value is -2.57. The summed E-state index contributed by atoms with van der Waals surface area (Å²) in [5, 5.41) is 9.11. The molecule has 3 amide bonds. The molecular formula is C18H27N5O2. The van der Waals surface area contributed by atoms with Crippen LogP contribution in [-0.2, 0) is 4.79 Å². The number of hydrogen-bond donors (Lipinski definition) is 3. The maximum absolute atomic E-state index is 11.6. The van der Waals surface area contributed by atoms with Crippen molar-refractivity contribution in [1.29, 1.82) is 0 Å². The zero-order valence-corrected chi connectivity index (χ0v) is 15.1. The summed E-state index contributed by atoms with van der Waals surface area (Å²) in [6.07, 6.45) is 0. The molecule has 7 heteroatoms.